The molecule has 0 aromatic heterocycles. The quantitative estimate of drug-likeness (QED) is 0.723. The van der Waals surface area contributed by atoms with Crippen LogP contribution in [0.15, 0.2) is 48.5 Å². The first-order valence-corrected chi connectivity index (χ1v) is 9.38. The maximum Gasteiger partial charge on any atom is 0.280 e. The summed E-state index contributed by atoms with van der Waals surface area (Å²) in [5, 5.41) is 0.893. The van der Waals surface area contributed by atoms with Gasteiger partial charge in [0.2, 0.25) is 0 Å². The smallest absolute Gasteiger partial charge is 0.280 e. The van der Waals surface area contributed by atoms with Gasteiger partial charge in [-0.3, -0.25) is 4.57 Å². The molecule has 2 aromatic rings. The van der Waals surface area contributed by atoms with E-state index < -0.39 is 7.37 Å². The molecule has 0 saturated carbocycles. The summed E-state index contributed by atoms with van der Waals surface area (Å²) in [7, 11) is -2.86. The van der Waals surface area contributed by atoms with E-state index in [2.05, 4.69) is 19.9 Å². The van der Waals surface area contributed by atoms with Crippen molar-refractivity contribution in [3.05, 3.63) is 48.5 Å². The predicted octanol–water partition coefficient (Wildman–Crippen LogP) is 5.23. The summed E-state index contributed by atoms with van der Waals surface area (Å²) in [6.45, 7) is 4.24. The van der Waals surface area contributed by atoms with Gasteiger partial charge in [0, 0.05) is 5.56 Å². The summed E-state index contributed by atoms with van der Waals surface area (Å²) >= 11 is 0. The molecule has 0 saturated heterocycles. The van der Waals surface area contributed by atoms with E-state index >= 15 is 0 Å². The summed E-state index contributed by atoms with van der Waals surface area (Å²) in [6.07, 6.45) is 2.83. The Morgan fingerprint density at radius 1 is 1.00 bits per heavy atom. The molecule has 3 rings (SSSR count). The molecule has 2 atom stereocenters. The third-order valence-corrected chi connectivity index (χ3v) is 7.34. The van der Waals surface area contributed by atoms with Gasteiger partial charge in [0.05, 0.1) is 11.0 Å². The van der Waals surface area contributed by atoms with Crippen molar-refractivity contribution < 1.29 is 9.09 Å². The molecule has 2 nitrogen and oxygen atoms in total. The van der Waals surface area contributed by atoms with Crippen LogP contribution in [0.2, 0.25) is 0 Å². The highest BCUT2D eigenvalue weighted by molar-refractivity contribution is 7.68. The zero-order valence-corrected chi connectivity index (χ0v) is 13.5. The zero-order valence-electron chi connectivity index (χ0n) is 12.6. The van der Waals surface area contributed by atoms with Gasteiger partial charge in [-0.1, -0.05) is 56.7 Å². The van der Waals surface area contributed by atoms with Crippen LogP contribution in [-0.2, 0) is 4.57 Å². The minimum Gasteiger partial charge on any atom is -0.439 e. The molecule has 110 valence electrons. The Hall–Kier alpha value is -1.53. The molecular weight excluding hydrogens is 279 g/mol. The van der Waals surface area contributed by atoms with E-state index in [4.69, 9.17) is 4.52 Å². The molecule has 0 bridgehead atoms. The lowest BCUT2D eigenvalue weighted by Crippen LogP contribution is -2.25. The molecule has 0 aliphatic carbocycles. The molecule has 1 heterocycles. The number of hydrogen-bond donors (Lipinski definition) is 0. The Morgan fingerprint density at radius 2 is 1.67 bits per heavy atom. The topological polar surface area (TPSA) is 26.3 Å². The fourth-order valence-corrected chi connectivity index (χ4v) is 6.15. The maximum absolute atomic E-state index is 13.7. The average molecular weight is 300 g/mol. The molecule has 21 heavy (non-hydrogen) atoms. The molecule has 0 fully saturated rings. The van der Waals surface area contributed by atoms with Crippen LogP contribution in [0, 0.1) is 0 Å². The Labute approximate surface area is 126 Å². The monoisotopic (exact) mass is 300 g/mol. The van der Waals surface area contributed by atoms with E-state index in [0.717, 1.165) is 41.4 Å². The van der Waals surface area contributed by atoms with Gasteiger partial charge < -0.3 is 4.52 Å². The van der Waals surface area contributed by atoms with E-state index in [1.54, 1.807) is 0 Å². The van der Waals surface area contributed by atoms with E-state index in [1.807, 2.05) is 42.5 Å². The fourth-order valence-electron chi connectivity index (χ4n) is 3.16. The third-order valence-electron chi connectivity index (χ3n) is 4.22. The number of fused-ring (bicyclic) bond motifs is 3. The van der Waals surface area contributed by atoms with Crippen LogP contribution in [0.1, 0.15) is 33.1 Å². The van der Waals surface area contributed by atoms with Gasteiger partial charge >= 0.3 is 0 Å². The summed E-state index contributed by atoms with van der Waals surface area (Å²) in [5.74, 6) is 0.758. The van der Waals surface area contributed by atoms with Crippen molar-refractivity contribution in [1.82, 2.24) is 0 Å². The Bertz CT molecular complexity index is 693. The highest BCUT2D eigenvalue weighted by atomic mass is 31.2. The van der Waals surface area contributed by atoms with Crippen molar-refractivity contribution in [2.75, 3.05) is 0 Å². The van der Waals surface area contributed by atoms with E-state index in [-0.39, 0.29) is 5.66 Å². The standard InChI is InChI=1S/C18H21O2P/c1-3-9-14(4-2)21(19)18-13-8-6-11-16(18)15-10-5-7-12-17(15)20-21/h5-8,10-14H,3-4,9H2,1-2H3. The Balaban J connectivity index is 2.20. The predicted molar refractivity (Wildman–Crippen MR) is 88.7 cm³/mol. The Kier molecular flexibility index (Phi) is 3.91. The van der Waals surface area contributed by atoms with Gasteiger partial charge in [0.1, 0.15) is 5.75 Å². The third kappa shape index (κ3) is 2.32. The van der Waals surface area contributed by atoms with Crippen molar-refractivity contribution in [1.29, 1.82) is 0 Å². The number of para-hydroxylation sites is 1. The molecule has 0 N–H and O–H groups in total. The van der Waals surface area contributed by atoms with Crippen molar-refractivity contribution >= 4 is 12.7 Å². The minimum absolute atomic E-state index is 0.0945. The van der Waals surface area contributed by atoms with Crippen molar-refractivity contribution in [3.8, 4) is 16.9 Å². The largest absolute Gasteiger partial charge is 0.439 e. The van der Waals surface area contributed by atoms with Gasteiger partial charge in [0.25, 0.3) is 7.37 Å². The number of benzene rings is 2. The van der Waals surface area contributed by atoms with Crippen LogP contribution in [0.3, 0.4) is 0 Å². The van der Waals surface area contributed by atoms with E-state index in [9.17, 15) is 4.57 Å². The summed E-state index contributed by atoms with van der Waals surface area (Å²) in [6, 6.07) is 15.9. The Morgan fingerprint density at radius 3 is 2.38 bits per heavy atom. The molecule has 1 aliphatic heterocycles. The lowest BCUT2D eigenvalue weighted by Gasteiger charge is -2.33. The second kappa shape index (κ2) is 5.69. The van der Waals surface area contributed by atoms with Crippen molar-refractivity contribution in [2.45, 2.75) is 38.8 Å². The zero-order chi connectivity index (χ0) is 14.9. The molecule has 2 aromatic carbocycles. The van der Waals surface area contributed by atoms with Crippen LogP contribution < -0.4 is 9.83 Å². The van der Waals surface area contributed by atoms with Crippen molar-refractivity contribution in [2.24, 2.45) is 0 Å². The van der Waals surface area contributed by atoms with Crippen LogP contribution >= 0.6 is 7.37 Å². The van der Waals surface area contributed by atoms with Gasteiger partial charge in [-0.2, -0.15) is 0 Å². The fraction of sp³-hybridized carbons (Fsp3) is 0.333. The van der Waals surface area contributed by atoms with Gasteiger partial charge in [-0.05, 0) is 30.5 Å². The molecule has 2 unspecified atom stereocenters. The van der Waals surface area contributed by atoms with Crippen LogP contribution in [-0.4, -0.2) is 5.66 Å². The maximum atomic E-state index is 13.7. The molecular formula is C18H21O2P. The molecule has 0 radical (unpaired) electrons. The SMILES string of the molecule is CCCC(CC)P1(=O)Oc2ccccc2-c2ccccc21. The minimum atomic E-state index is -2.86. The second-order valence-electron chi connectivity index (χ2n) is 5.55. The van der Waals surface area contributed by atoms with Crippen LogP contribution in [0.25, 0.3) is 11.1 Å². The first kappa shape index (κ1) is 14.4. The van der Waals surface area contributed by atoms with E-state index in [1.165, 1.54) is 0 Å². The van der Waals surface area contributed by atoms with Gasteiger partial charge in [-0.15, -0.1) is 0 Å². The highest BCUT2D eigenvalue weighted by Gasteiger charge is 2.41. The summed E-state index contributed by atoms with van der Waals surface area (Å²) in [5.41, 5.74) is 2.21. The number of rotatable bonds is 4. The van der Waals surface area contributed by atoms with Crippen molar-refractivity contribution in [3.63, 3.8) is 0 Å². The van der Waals surface area contributed by atoms with Crippen LogP contribution in [0.4, 0.5) is 0 Å². The molecule has 0 spiro atoms. The summed E-state index contributed by atoms with van der Waals surface area (Å²) in [4.78, 5) is 0. The molecule has 3 heteroatoms. The highest BCUT2D eigenvalue weighted by Crippen LogP contribution is 2.59. The number of hydrogen-bond acceptors (Lipinski definition) is 2. The normalized spacial score (nSPS) is 21.0. The molecule has 0 amide bonds. The van der Waals surface area contributed by atoms with E-state index in [0.29, 0.717) is 0 Å². The van der Waals surface area contributed by atoms with Gasteiger partial charge in [-0.25, -0.2) is 0 Å². The summed E-state index contributed by atoms with van der Waals surface area (Å²) < 4.78 is 19.8. The first-order valence-electron chi connectivity index (χ1n) is 7.69. The lowest BCUT2D eigenvalue weighted by atomic mass is 10.0. The van der Waals surface area contributed by atoms with Gasteiger partial charge in [0.15, 0.2) is 0 Å². The molecule has 1 aliphatic rings. The first-order chi connectivity index (χ1) is 10.2. The average Bonchev–Trinajstić information content (AvgIpc) is 2.53. The van der Waals surface area contributed by atoms with Crippen LogP contribution in [0.5, 0.6) is 5.75 Å². The lowest BCUT2D eigenvalue weighted by molar-refractivity contribution is 0.467. The second-order valence-corrected chi connectivity index (χ2v) is 8.14.